The Bertz CT molecular complexity index is 1380. The third-order valence-corrected chi connectivity index (χ3v) is 8.46. The molecule has 11 heteroatoms. The Morgan fingerprint density at radius 3 is 2.05 bits per heavy atom. The quantitative estimate of drug-likeness (QED) is 0.317. The Morgan fingerprint density at radius 2 is 1.49 bits per heavy atom. The smallest absolute Gasteiger partial charge is 0.264 e. The summed E-state index contributed by atoms with van der Waals surface area (Å²) in [6.45, 7) is 5.01. The van der Waals surface area contributed by atoms with E-state index < -0.39 is 40.2 Å². The number of nitrogens with zero attached hydrogens (tertiary/aromatic N) is 2. The zero-order chi connectivity index (χ0) is 28.7. The van der Waals surface area contributed by atoms with Crippen LogP contribution in [0.25, 0.3) is 0 Å². The van der Waals surface area contributed by atoms with Crippen molar-refractivity contribution in [2.24, 2.45) is 5.92 Å². The fraction of sp³-hybridized carbons (Fsp3) is 0.286. The number of hydrogen-bond donors (Lipinski definition) is 1. The Morgan fingerprint density at radius 1 is 0.897 bits per heavy atom. The number of carbonyl (C=O) groups is 2. The van der Waals surface area contributed by atoms with Crippen LogP contribution in [-0.2, 0) is 26.2 Å². The van der Waals surface area contributed by atoms with E-state index in [4.69, 9.17) is 23.2 Å². The minimum Gasteiger partial charge on any atom is -0.354 e. The fourth-order valence-electron chi connectivity index (χ4n) is 3.74. The molecule has 0 saturated heterocycles. The number of benzene rings is 3. The van der Waals surface area contributed by atoms with Gasteiger partial charge in [-0.2, -0.15) is 0 Å². The molecule has 0 radical (unpaired) electrons. The van der Waals surface area contributed by atoms with Crippen LogP contribution in [0.1, 0.15) is 26.3 Å². The molecule has 0 aliphatic rings. The highest BCUT2D eigenvalue weighted by Crippen LogP contribution is 2.28. The average Bonchev–Trinajstić information content (AvgIpc) is 2.90. The lowest BCUT2D eigenvalue weighted by molar-refractivity contribution is -0.139. The summed E-state index contributed by atoms with van der Waals surface area (Å²) in [6.07, 6.45) is 0. The lowest BCUT2D eigenvalue weighted by Crippen LogP contribution is -2.51. The molecule has 0 saturated carbocycles. The molecule has 39 heavy (non-hydrogen) atoms. The molecule has 0 spiro atoms. The SMILES string of the molecule is CC(C)CNC(=O)[C@H](C)N(Cc1c(Cl)cccc1Cl)C(=O)CN(c1ccc(F)cc1)S(=O)(=O)c1ccccc1. The summed E-state index contributed by atoms with van der Waals surface area (Å²) in [5, 5.41) is 3.39. The monoisotopic (exact) mass is 593 g/mol. The Balaban J connectivity index is 2.03. The number of halogens is 3. The van der Waals surface area contributed by atoms with Gasteiger partial charge < -0.3 is 10.2 Å². The summed E-state index contributed by atoms with van der Waals surface area (Å²) >= 11 is 12.7. The number of amides is 2. The van der Waals surface area contributed by atoms with Crippen molar-refractivity contribution >= 4 is 50.7 Å². The molecule has 1 N–H and O–H groups in total. The maximum atomic E-state index is 13.9. The standard InChI is InChI=1S/C28H30Cl2FN3O4S/c1-19(2)16-32-28(36)20(3)33(17-24-25(29)10-7-11-26(24)30)27(35)18-34(22-14-12-21(31)13-15-22)39(37,38)23-8-5-4-6-9-23/h4-15,19-20H,16-18H2,1-3H3,(H,32,36)/t20-/m0/s1. The molecule has 1 atom stereocenters. The van der Waals surface area contributed by atoms with Crippen LogP contribution in [0.15, 0.2) is 77.7 Å². The first kappa shape index (κ1) is 30.4. The lowest BCUT2D eigenvalue weighted by Gasteiger charge is -2.32. The van der Waals surface area contributed by atoms with Crippen molar-refractivity contribution < 1.29 is 22.4 Å². The second kappa shape index (κ2) is 13.3. The maximum Gasteiger partial charge on any atom is 0.264 e. The van der Waals surface area contributed by atoms with Gasteiger partial charge in [0.1, 0.15) is 18.4 Å². The summed E-state index contributed by atoms with van der Waals surface area (Å²) in [5.41, 5.74) is 0.498. The van der Waals surface area contributed by atoms with Gasteiger partial charge in [-0.1, -0.05) is 61.3 Å². The van der Waals surface area contributed by atoms with Gasteiger partial charge in [0.05, 0.1) is 10.6 Å². The molecule has 3 aromatic rings. The van der Waals surface area contributed by atoms with Gasteiger partial charge in [0.2, 0.25) is 11.8 Å². The topological polar surface area (TPSA) is 86.8 Å². The van der Waals surface area contributed by atoms with Crippen molar-refractivity contribution in [3.05, 3.63) is 94.2 Å². The highest BCUT2D eigenvalue weighted by atomic mass is 35.5. The fourth-order valence-corrected chi connectivity index (χ4v) is 5.70. The van der Waals surface area contributed by atoms with Crippen LogP contribution in [0, 0.1) is 11.7 Å². The van der Waals surface area contributed by atoms with Crippen molar-refractivity contribution in [2.45, 2.75) is 38.3 Å². The normalized spacial score (nSPS) is 12.2. The highest BCUT2D eigenvalue weighted by Gasteiger charge is 2.33. The van der Waals surface area contributed by atoms with Crippen molar-refractivity contribution in [3.8, 4) is 0 Å². The number of carbonyl (C=O) groups excluding carboxylic acids is 2. The zero-order valence-corrected chi connectivity index (χ0v) is 24.1. The largest absolute Gasteiger partial charge is 0.354 e. The third kappa shape index (κ3) is 7.71. The molecule has 0 fully saturated rings. The van der Waals surface area contributed by atoms with Gasteiger partial charge in [0.25, 0.3) is 10.0 Å². The van der Waals surface area contributed by atoms with Gasteiger partial charge in [0.15, 0.2) is 0 Å². The van der Waals surface area contributed by atoms with E-state index in [0.717, 1.165) is 16.4 Å². The van der Waals surface area contributed by atoms with Crippen LogP contribution in [0.3, 0.4) is 0 Å². The zero-order valence-electron chi connectivity index (χ0n) is 21.8. The number of anilines is 1. The van der Waals surface area contributed by atoms with E-state index in [9.17, 15) is 22.4 Å². The Hall–Kier alpha value is -3.14. The molecular formula is C28H30Cl2FN3O4S. The van der Waals surface area contributed by atoms with Gasteiger partial charge >= 0.3 is 0 Å². The summed E-state index contributed by atoms with van der Waals surface area (Å²) in [4.78, 5) is 28.1. The highest BCUT2D eigenvalue weighted by molar-refractivity contribution is 7.92. The average molecular weight is 595 g/mol. The van der Waals surface area contributed by atoms with E-state index in [1.165, 1.54) is 29.2 Å². The summed E-state index contributed by atoms with van der Waals surface area (Å²) < 4.78 is 41.9. The molecule has 0 aliphatic carbocycles. The predicted octanol–water partition coefficient (Wildman–Crippen LogP) is 5.52. The van der Waals surface area contributed by atoms with E-state index in [1.54, 1.807) is 43.3 Å². The second-order valence-corrected chi connectivity index (χ2v) is 12.0. The first-order chi connectivity index (χ1) is 18.4. The molecule has 0 heterocycles. The number of nitrogens with one attached hydrogen (secondary N) is 1. The van der Waals surface area contributed by atoms with E-state index >= 15 is 0 Å². The van der Waals surface area contributed by atoms with Crippen LogP contribution in [0.4, 0.5) is 10.1 Å². The van der Waals surface area contributed by atoms with E-state index in [0.29, 0.717) is 22.2 Å². The molecular weight excluding hydrogens is 564 g/mol. The molecule has 3 rings (SSSR count). The molecule has 0 bridgehead atoms. The van der Waals surface area contributed by atoms with Crippen LogP contribution < -0.4 is 9.62 Å². The molecule has 0 aliphatic heterocycles. The minimum atomic E-state index is -4.24. The predicted molar refractivity (Wildman–Crippen MR) is 152 cm³/mol. The maximum absolute atomic E-state index is 13.9. The first-order valence-electron chi connectivity index (χ1n) is 12.2. The van der Waals surface area contributed by atoms with Crippen LogP contribution >= 0.6 is 23.2 Å². The third-order valence-electron chi connectivity index (χ3n) is 5.97. The van der Waals surface area contributed by atoms with Gasteiger partial charge in [-0.3, -0.25) is 13.9 Å². The molecule has 3 aromatic carbocycles. The van der Waals surface area contributed by atoms with E-state index in [1.807, 2.05) is 13.8 Å². The second-order valence-electron chi connectivity index (χ2n) is 9.34. The van der Waals surface area contributed by atoms with Crippen LogP contribution in [0.5, 0.6) is 0 Å². The van der Waals surface area contributed by atoms with Crippen molar-refractivity contribution in [1.29, 1.82) is 0 Å². The van der Waals surface area contributed by atoms with Crippen LogP contribution in [0.2, 0.25) is 10.0 Å². The summed E-state index contributed by atoms with van der Waals surface area (Å²) in [7, 11) is -4.24. The molecule has 7 nitrogen and oxygen atoms in total. The number of rotatable bonds is 11. The van der Waals surface area contributed by atoms with Gasteiger partial charge in [-0.25, -0.2) is 12.8 Å². The molecule has 208 valence electrons. The minimum absolute atomic E-state index is 0.0504. The number of hydrogen-bond acceptors (Lipinski definition) is 4. The van der Waals surface area contributed by atoms with E-state index in [2.05, 4.69) is 5.32 Å². The van der Waals surface area contributed by atoms with Crippen molar-refractivity contribution in [2.75, 3.05) is 17.4 Å². The molecule has 2 amide bonds. The van der Waals surface area contributed by atoms with Gasteiger partial charge in [-0.15, -0.1) is 0 Å². The van der Waals surface area contributed by atoms with E-state index in [-0.39, 0.29) is 23.0 Å². The summed E-state index contributed by atoms with van der Waals surface area (Å²) in [5.74, 6) is -1.48. The van der Waals surface area contributed by atoms with Gasteiger partial charge in [0, 0.05) is 28.7 Å². The van der Waals surface area contributed by atoms with Crippen molar-refractivity contribution in [1.82, 2.24) is 10.2 Å². The summed E-state index contributed by atoms with van der Waals surface area (Å²) in [6, 6.07) is 16.2. The van der Waals surface area contributed by atoms with Crippen LogP contribution in [-0.4, -0.2) is 44.3 Å². The molecule has 0 unspecified atom stereocenters. The van der Waals surface area contributed by atoms with Crippen molar-refractivity contribution in [3.63, 3.8) is 0 Å². The Kier molecular flexibility index (Phi) is 10.4. The molecule has 0 aromatic heterocycles. The first-order valence-corrected chi connectivity index (χ1v) is 14.4. The number of sulfonamides is 1. The lowest BCUT2D eigenvalue weighted by atomic mass is 10.1. The van der Waals surface area contributed by atoms with Gasteiger partial charge in [-0.05, 0) is 61.4 Å². The Labute approximate surface area is 238 Å².